The minimum atomic E-state index is -0.642. The molecule has 2 N–H and O–H groups in total. The first-order valence-corrected chi connectivity index (χ1v) is 16.4. The third kappa shape index (κ3) is 7.73. The first-order valence-electron chi connectivity index (χ1n) is 16.4. The van der Waals surface area contributed by atoms with E-state index >= 15 is 0 Å². The second kappa shape index (κ2) is 15.0. The highest BCUT2D eigenvalue weighted by atomic mass is 16.4. The van der Waals surface area contributed by atoms with E-state index in [1.165, 1.54) is 12.0 Å². The number of urea groups is 1. The maximum Gasteiger partial charge on any atom is 0.321 e. The summed E-state index contributed by atoms with van der Waals surface area (Å²) >= 11 is 0. The predicted octanol–water partition coefficient (Wildman–Crippen LogP) is 5.82. The predicted molar refractivity (Wildman–Crippen MR) is 167 cm³/mol. The molecule has 1 saturated carbocycles. The number of nitrogens with zero attached hydrogens (tertiary/aromatic N) is 3. The molecule has 0 unspecified atom stereocenters. The quantitative estimate of drug-likeness (QED) is 0.354. The summed E-state index contributed by atoms with van der Waals surface area (Å²) in [6.45, 7) is 8.06. The van der Waals surface area contributed by atoms with Gasteiger partial charge in [-0.3, -0.25) is 9.69 Å². The van der Waals surface area contributed by atoms with Crippen LogP contribution in [0, 0.1) is 11.8 Å². The lowest BCUT2D eigenvalue weighted by molar-refractivity contribution is -0.145. The number of likely N-dealkylation sites (tertiary alicyclic amines) is 2. The van der Waals surface area contributed by atoms with Crippen LogP contribution in [0.25, 0.3) is 0 Å². The zero-order valence-corrected chi connectivity index (χ0v) is 25.4. The van der Waals surface area contributed by atoms with Crippen molar-refractivity contribution < 1.29 is 14.7 Å². The van der Waals surface area contributed by atoms with E-state index in [-0.39, 0.29) is 24.0 Å². The smallest absolute Gasteiger partial charge is 0.321 e. The maximum atomic E-state index is 13.2. The number of rotatable bonds is 11. The van der Waals surface area contributed by atoms with Crippen molar-refractivity contribution in [1.29, 1.82) is 0 Å². The van der Waals surface area contributed by atoms with E-state index in [0.717, 1.165) is 89.8 Å². The van der Waals surface area contributed by atoms with Gasteiger partial charge >= 0.3 is 12.0 Å². The Morgan fingerprint density at radius 3 is 2.24 bits per heavy atom. The van der Waals surface area contributed by atoms with Crippen LogP contribution in [0.1, 0.15) is 75.3 Å². The van der Waals surface area contributed by atoms with Crippen molar-refractivity contribution in [1.82, 2.24) is 20.0 Å². The Morgan fingerprint density at radius 1 is 0.929 bits per heavy atom. The molecule has 7 heteroatoms. The first-order chi connectivity index (χ1) is 20.5. The third-order valence-corrected chi connectivity index (χ3v) is 9.94. The highest BCUT2D eigenvalue weighted by Gasteiger charge is 2.43. The van der Waals surface area contributed by atoms with Crippen LogP contribution in [0.2, 0.25) is 0 Å². The van der Waals surface area contributed by atoms with Crippen LogP contribution in [-0.2, 0) is 11.3 Å². The molecule has 3 aliphatic rings. The SMILES string of the molecule is CCCN(C(=O)NCc1ccccc1)C1CCN(C[C@H]2CN([C@@H](C(=O)O)C3CCCCC3)C[C@@H]2c2ccccc2)CC1. The molecule has 3 atom stereocenters. The first kappa shape index (κ1) is 30.6. The minimum absolute atomic E-state index is 0.0390. The van der Waals surface area contributed by atoms with Gasteiger partial charge in [0.05, 0.1) is 0 Å². The highest BCUT2D eigenvalue weighted by molar-refractivity contribution is 5.74. The molecule has 2 aromatic rings. The molecule has 0 spiro atoms. The number of benzene rings is 2. The van der Waals surface area contributed by atoms with Crippen molar-refractivity contribution in [3.63, 3.8) is 0 Å². The van der Waals surface area contributed by atoms with Crippen LogP contribution in [0.15, 0.2) is 60.7 Å². The number of aliphatic carboxylic acids is 1. The zero-order valence-electron chi connectivity index (χ0n) is 25.4. The number of piperidine rings is 1. The Kier molecular flexibility index (Phi) is 10.9. The lowest BCUT2D eigenvalue weighted by Gasteiger charge is -2.39. The second-order valence-corrected chi connectivity index (χ2v) is 12.8. The second-order valence-electron chi connectivity index (χ2n) is 12.8. The largest absolute Gasteiger partial charge is 0.480 e. The van der Waals surface area contributed by atoms with Crippen LogP contribution in [0.4, 0.5) is 4.79 Å². The Balaban J connectivity index is 1.21. The lowest BCUT2D eigenvalue weighted by atomic mass is 9.83. The van der Waals surface area contributed by atoms with Gasteiger partial charge < -0.3 is 20.2 Å². The molecule has 5 rings (SSSR count). The van der Waals surface area contributed by atoms with Gasteiger partial charge in [-0.15, -0.1) is 0 Å². The van der Waals surface area contributed by atoms with Gasteiger partial charge in [0.1, 0.15) is 6.04 Å². The molecule has 42 heavy (non-hydrogen) atoms. The van der Waals surface area contributed by atoms with E-state index in [2.05, 4.69) is 57.3 Å². The van der Waals surface area contributed by atoms with Crippen molar-refractivity contribution in [2.75, 3.05) is 39.3 Å². The average molecular weight is 575 g/mol. The Labute approximate surface area is 252 Å². The molecular weight excluding hydrogens is 524 g/mol. The summed E-state index contributed by atoms with van der Waals surface area (Å²) in [5, 5.41) is 13.5. The van der Waals surface area contributed by atoms with E-state index in [1.807, 2.05) is 30.3 Å². The monoisotopic (exact) mass is 574 g/mol. The minimum Gasteiger partial charge on any atom is -0.480 e. The fourth-order valence-electron chi connectivity index (χ4n) is 7.81. The molecule has 2 amide bonds. The zero-order chi connectivity index (χ0) is 29.3. The van der Waals surface area contributed by atoms with Crippen molar-refractivity contribution in [2.24, 2.45) is 11.8 Å². The number of carboxylic acids is 1. The number of hydrogen-bond donors (Lipinski definition) is 2. The van der Waals surface area contributed by atoms with Gasteiger partial charge in [0.15, 0.2) is 0 Å². The normalized spacial score (nSPS) is 23.5. The molecule has 228 valence electrons. The van der Waals surface area contributed by atoms with Crippen molar-refractivity contribution >= 4 is 12.0 Å². The molecule has 0 aromatic heterocycles. The summed E-state index contributed by atoms with van der Waals surface area (Å²) in [6, 6.07) is 20.8. The van der Waals surface area contributed by atoms with Crippen LogP contribution in [-0.4, -0.2) is 83.2 Å². The number of carboxylic acid groups (broad SMARTS) is 1. The summed E-state index contributed by atoms with van der Waals surface area (Å²) in [6.07, 6.45) is 8.52. The van der Waals surface area contributed by atoms with Gasteiger partial charge in [-0.2, -0.15) is 0 Å². The van der Waals surface area contributed by atoms with E-state index in [1.54, 1.807) is 0 Å². The Hall–Kier alpha value is -2.90. The van der Waals surface area contributed by atoms with E-state index in [0.29, 0.717) is 18.4 Å². The summed E-state index contributed by atoms with van der Waals surface area (Å²) in [5.74, 6) is 0.363. The highest BCUT2D eigenvalue weighted by Crippen LogP contribution is 2.38. The lowest BCUT2D eigenvalue weighted by Crippen LogP contribution is -2.51. The van der Waals surface area contributed by atoms with Crippen molar-refractivity contribution in [3.8, 4) is 0 Å². The summed E-state index contributed by atoms with van der Waals surface area (Å²) in [4.78, 5) is 32.7. The van der Waals surface area contributed by atoms with Crippen molar-refractivity contribution in [2.45, 2.75) is 82.8 Å². The molecule has 2 aromatic carbocycles. The summed E-state index contributed by atoms with van der Waals surface area (Å²) in [7, 11) is 0. The molecular formula is C35H50N4O3. The van der Waals surface area contributed by atoms with Gasteiger partial charge in [-0.25, -0.2) is 4.79 Å². The number of amides is 2. The average Bonchev–Trinajstić information content (AvgIpc) is 3.43. The maximum absolute atomic E-state index is 13.2. The van der Waals surface area contributed by atoms with E-state index in [4.69, 9.17) is 0 Å². The van der Waals surface area contributed by atoms with Gasteiger partial charge in [0.2, 0.25) is 0 Å². The molecule has 7 nitrogen and oxygen atoms in total. The van der Waals surface area contributed by atoms with Gasteiger partial charge in [-0.1, -0.05) is 86.8 Å². The molecule has 2 saturated heterocycles. The summed E-state index contributed by atoms with van der Waals surface area (Å²) < 4.78 is 0. The summed E-state index contributed by atoms with van der Waals surface area (Å²) in [5.41, 5.74) is 2.45. The van der Waals surface area contributed by atoms with Gasteiger partial charge in [0, 0.05) is 57.8 Å². The number of carbonyl (C=O) groups is 2. The number of carbonyl (C=O) groups excluding carboxylic acids is 1. The molecule has 0 radical (unpaired) electrons. The molecule has 3 fully saturated rings. The van der Waals surface area contributed by atoms with Gasteiger partial charge in [-0.05, 0) is 55.1 Å². The number of hydrogen-bond acceptors (Lipinski definition) is 4. The van der Waals surface area contributed by atoms with Crippen LogP contribution >= 0.6 is 0 Å². The molecule has 2 aliphatic heterocycles. The van der Waals surface area contributed by atoms with Crippen LogP contribution in [0.3, 0.4) is 0 Å². The Morgan fingerprint density at radius 2 is 1.60 bits per heavy atom. The molecule has 0 bridgehead atoms. The fourth-order valence-corrected chi connectivity index (χ4v) is 7.81. The van der Waals surface area contributed by atoms with E-state index < -0.39 is 5.97 Å². The van der Waals surface area contributed by atoms with E-state index in [9.17, 15) is 14.7 Å². The third-order valence-electron chi connectivity index (χ3n) is 9.94. The van der Waals surface area contributed by atoms with Gasteiger partial charge in [0.25, 0.3) is 0 Å². The van der Waals surface area contributed by atoms with Crippen molar-refractivity contribution in [3.05, 3.63) is 71.8 Å². The van der Waals surface area contributed by atoms with Crippen LogP contribution in [0.5, 0.6) is 0 Å². The Bertz CT molecular complexity index is 1120. The van der Waals surface area contributed by atoms with Crippen LogP contribution < -0.4 is 5.32 Å². The molecule has 1 aliphatic carbocycles. The fraction of sp³-hybridized carbons (Fsp3) is 0.600. The number of nitrogens with one attached hydrogen (secondary N) is 1. The topological polar surface area (TPSA) is 76.1 Å². The standard InChI is InChI=1S/C35H50N4O3/c1-2-20-39(35(42)36-23-27-12-6-3-7-13-27)31-18-21-37(22-19-31)24-30-25-38(26-32(30)28-14-8-4-9-15-28)33(34(40)41)29-16-10-5-11-17-29/h3-4,6-9,12-15,29-33H,2,5,10-11,16-26H2,1H3,(H,36,42)(H,40,41)/t30-,32+,33+/m0/s1. The molecule has 2 heterocycles.